The predicted octanol–water partition coefficient (Wildman–Crippen LogP) is 1.92. The molecule has 82 valence electrons. The monoisotopic (exact) mass is 208 g/mol. The minimum Gasteiger partial charge on any atom is -0.436 e. The smallest absolute Gasteiger partial charge is 0.291 e. The van der Waals surface area contributed by atoms with E-state index in [0.29, 0.717) is 17.3 Å². The molecule has 1 saturated heterocycles. The Morgan fingerprint density at radius 3 is 2.47 bits per heavy atom. The van der Waals surface area contributed by atoms with Gasteiger partial charge in [-0.3, -0.25) is 4.79 Å². The largest absolute Gasteiger partial charge is 0.436 e. The molecular weight excluding hydrogens is 192 g/mol. The van der Waals surface area contributed by atoms with E-state index in [0.717, 1.165) is 25.9 Å². The third kappa shape index (κ3) is 2.03. The first-order chi connectivity index (χ1) is 7.18. The first-order valence-electron chi connectivity index (χ1n) is 5.42. The molecule has 1 aromatic heterocycles. The van der Waals surface area contributed by atoms with Crippen LogP contribution >= 0.6 is 0 Å². The van der Waals surface area contributed by atoms with Crippen molar-refractivity contribution in [2.75, 3.05) is 13.1 Å². The van der Waals surface area contributed by atoms with Crippen LogP contribution in [0, 0.1) is 13.8 Å². The van der Waals surface area contributed by atoms with Crippen LogP contribution in [0.25, 0.3) is 0 Å². The van der Waals surface area contributed by atoms with E-state index < -0.39 is 0 Å². The number of nitrogens with zero attached hydrogens (tertiary/aromatic N) is 2. The molecule has 0 unspecified atom stereocenters. The van der Waals surface area contributed by atoms with Gasteiger partial charge in [-0.25, -0.2) is 4.98 Å². The molecule has 0 aliphatic carbocycles. The number of likely N-dealkylation sites (tertiary alicyclic amines) is 1. The predicted molar refractivity (Wildman–Crippen MR) is 55.7 cm³/mol. The lowest BCUT2D eigenvalue weighted by Gasteiger charge is -2.25. The zero-order chi connectivity index (χ0) is 10.8. The zero-order valence-electron chi connectivity index (χ0n) is 9.25. The van der Waals surface area contributed by atoms with Crippen LogP contribution in [0.15, 0.2) is 4.42 Å². The van der Waals surface area contributed by atoms with Gasteiger partial charge in [0.1, 0.15) is 0 Å². The molecule has 15 heavy (non-hydrogen) atoms. The molecule has 0 radical (unpaired) electrons. The molecular formula is C11H16N2O2. The van der Waals surface area contributed by atoms with Gasteiger partial charge in [-0.15, -0.1) is 0 Å². The number of carbonyl (C=O) groups is 1. The first kappa shape index (κ1) is 10.2. The van der Waals surface area contributed by atoms with E-state index in [4.69, 9.17) is 4.42 Å². The summed E-state index contributed by atoms with van der Waals surface area (Å²) in [6, 6.07) is 0. The molecule has 1 aliphatic heterocycles. The van der Waals surface area contributed by atoms with Crippen LogP contribution in [0.3, 0.4) is 0 Å². The number of carbonyl (C=O) groups excluding carboxylic acids is 1. The van der Waals surface area contributed by atoms with Gasteiger partial charge in [0.05, 0.1) is 5.69 Å². The number of hydrogen-bond donors (Lipinski definition) is 0. The van der Waals surface area contributed by atoms with E-state index in [-0.39, 0.29) is 5.91 Å². The van der Waals surface area contributed by atoms with Crippen molar-refractivity contribution in [3.8, 4) is 0 Å². The van der Waals surface area contributed by atoms with Gasteiger partial charge in [-0.2, -0.15) is 0 Å². The SMILES string of the molecule is Cc1nc(C)c(C(=O)N2CCCCC2)o1. The first-order valence-corrected chi connectivity index (χ1v) is 5.42. The van der Waals surface area contributed by atoms with Gasteiger partial charge < -0.3 is 9.32 Å². The third-order valence-electron chi connectivity index (χ3n) is 2.74. The zero-order valence-corrected chi connectivity index (χ0v) is 9.25. The highest BCUT2D eigenvalue weighted by Gasteiger charge is 2.23. The average molecular weight is 208 g/mol. The molecule has 1 amide bonds. The molecule has 1 aliphatic rings. The molecule has 0 aromatic carbocycles. The number of rotatable bonds is 1. The maximum Gasteiger partial charge on any atom is 0.291 e. The van der Waals surface area contributed by atoms with Crippen LogP contribution in [0.5, 0.6) is 0 Å². The molecule has 1 fully saturated rings. The Kier molecular flexibility index (Phi) is 2.75. The van der Waals surface area contributed by atoms with E-state index in [1.54, 1.807) is 6.92 Å². The van der Waals surface area contributed by atoms with E-state index >= 15 is 0 Å². The fourth-order valence-corrected chi connectivity index (χ4v) is 1.97. The van der Waals surface area contributed by atoms with Crippen molar-refractivity contribution < 1.29 is 9.21 Å². The summed E-state index contributed by atoms with van der Waals surface area (Å²) in [4.78, 5) is 18.0. The summed E-state index contributed by atoms with van der Waals surface area (Å²) in [5.74, 6) is 0.968. The molecule has 2 heterocycles. The summed E-state index contributed by atoms with van der Waals surface area (Å²) in [7, 11) is 0. The second kappa shape index (κ2) is 4.04. The van der Waals surface area contributed by atoms with Gasteiger partial charge in [-0.05, 0) is 26.2 Å². The Morgan fingerprint density at radius 1 is 1.27 bits per heavy atom. The van der Waals surface area contributed by atoms with Crippen molar-refractivity contribution in [3.05, 3.63) is 17.3 Å². The van der Waals surface area contributed by atoms with Crippen LogP contribution in [-0.2, 0) is 0 Å². The average Bonchev–Trinajstić information content (AvgIpc) is 2.58. The fourth-order valence-electron chi connectivity index (χ4n) is 1.97. The van der Waals surface area contributed by atoms with Crippen molar-refractivity contribution in [3.63, 3.8) is 0 Å². The van der Waals surface area contributed by atoms with Crippen LogP contribution in [-0.4, -0.2) is 28.9 Å². The standard InChI is InChI=1S/C11H16N2O2/c1-8-10(15-9(2)12-8)11(14)13-6-4-3-5-7-13/h3-7H2,1-2H3. The summed E-state index contributed by atoms with van der Waals surface area (Å²) < 4.78 is 5.33. The maximum absolute atomic E-state index is 12.0. The molecule has 0 spiro atoms. The number of piperidine rings is 1. The third-order valence-corrected chi connectivity index (χ3v) is 2.74. The summed E-state index contributed by atoms with van der Waals surface area (Å²) in [5.41, 5.74) is 0.697. The summed E-state index contributed by atoms with van der Waals surface area (Å²) in [6.45, 7) is 5.27. The molecule has 0 N–H and O–H groups in total. The number of aromatic nitrogens is 1. The lowest BCUT2D eigenvalue weighted by atomic mass is 10.1. The normalized spacial score (nSPS) is 16.8. The molecule has 4 nitrogen and oxygen atoms in total. The highest BCUT2D eigenvalue weighted by molar-refractivity contribution is 5.92. The Morgan fingerprint density at radius 2 is 1.93 bits per heavy atom. The van der Waals surface area contributed by atoms with E-state index in [9.17, 15) is 4.79 Å². The van der Waals surface area contributed by atoms with Crippen molar-refractivity contribution in [1.82, 2.24) is 9.88 Å². The van der Waals surface area contributed by atoms with Crippen LogP contribution in [0.1, 0.15) is 41.4 Å². The maximum atomic E-state index is 12.0. The molecule has 2 rings (SSSR count). The summed E-state index contributed by atoms with van der Waals surface area (Å²) in [5, 5.41) is 0. The lowest BCUT2D eigenvalue weighted by molar-refractivity contribution is 0.0689. The number of amides is 1. The Bertz CT molecular complexity index is 365. The van der Waals surface area contributed by atoms with E-state index in [2.05, 4.69) is 4.98 Å². The van der Waals surface area contributed by atoms with Crippen molar-refractivity contribution in [2.45, 2.75) is 33.1 Å². The van der Waals surface area contributed by atoms with Crippen molar-refractivity contribution in [2.24, 2.45) is 0 Å². The Hall–Kier alpha value is -1.32. The van der Waals surface area contributed by atoms with Gasteiger partial charge >= 0.3 is 0 Å². The summed E-state index contributed by atoms with van der Waals surface area (Å²) >= 11 is 0. The van der Waals surface area contributed by atoms with Crippen molar-refractivity contribution in [1.29, 1.82) is 0 Å². The molecule has 4 heteroatoms. The highest BCUT2D eigenvalue weighted by Crippen LogP contribution is 2.16. The van der Waals surface area contributed by atoms with E-state index in [1.807, 2.05) is 11.8 Å². The second-order valence-corrected chi connectivity index (χ2v) is 4.00. The van der Waals surface area contributed by atoms with Crippen molar-refractivity contribution >= 4 is 5.91 Å². The number of aryl methyl sites for hydroxylation is 2. The van der Waals surface area contributed by atoms with Gasteiger partial charge in [-0.1, -0.05) is 0 Å². The van der Waals surface area contributed by atoms with Gasteiger partial charge in [0, 0.05) is 20.0 Å². The van der Waals surface area contributed by atoms with Gasteiger partial charge in [0.25, 0.3) is 5.91 Å². The quantitative estimate of drug-likeness (QED) is 0.708. The Balaban J connectivity index is 2.16. The molecule has 0 atom stereocenters. The number of hydrogen-bond acceptors (Lipinski definition) is 3. The minimum absolute atomic E-state index is 0.00667. The van der Waals surface area contributed by atoms with Gasteiger partial charge in [0.2, 0.25) is 5.76 Å². The fraction of sp³-hybridized carbons (Fsp3) is 0.636. The number of oxazole rings is 1. The van der Waals surface area contributed by atoms with Crippen LogP contribution in [0.4, 0.5) is 0 Å². The molecule has 0 saturated carbocycles. The Labute approximate surface area is 89.3 Å². The topological polar surface area (TPSA) is 46.3 Å². The minimum atomic E-state index is -0.00667. The van der Waals surface area contributed by atoms with Crippen LogP contribution in [0.2, 0.25) is 0 Å². The second-order valence-electron chi connectivity index (χ2n) is 4.00. The van der Waals surface area contributed by atoms with Crippen LogP contribution < -0.4 is 0 Å². The lowest BCUT2D eigenvalue weighted by Crippen LogP contribution is -2.35. The van der Waals surface area contributed by atoms with Gasteiger partial charge in [0.15, 0.2) is 5.89 Å². The highest BCUT2D eigenvalue weighted by atomic mass is 16.4. The van der Waals surface area contributed by atoms with E-state index in [1.165, 1.54) is 6.42 Å². The molecule has 0 bridgehead atoms. The summed E-state index contributed by atoms with van der Waals surface area (Å²) in [6.07, 6.45) is 3.41. The molecule has 1 aromatic rings.